The predicted octanol–water partition coefficient (Wildman–Crippen LogP) is 1.55. The van der Waals surface area contributed by atoms with Gasteiger partial charge in [-0.3, -0.25) is 0 Å². The minimum Gasteiger partial charge on any atom is -0.478 e. The van der Waals surface area contributed by atoms with Crippen molar-refractivity contribution in [3.05, 3.63) is 28.2 Å². The Balaban J connectivity index is 3.35. The van der Waals surface area contributed by atoms with Gasteiger partial charge in [0.05, 0.1) is 10.5 Å². The van der Waals surface area contributed by atoms with Crippen LogP contribution in [-0.4, -0.2) is 25.7 Å². The van der Waals surface area contributed by atoms with Crippen molar-refractivity contribution in [1.82, 2.24) is 0 Å². The van der Waals surface area contributed by atoms with E-state index in [-0.39, 0.29) is 14.9 Å². The first-order valence-corrected chi connectivity index (χ1v) is 6.23. The van der Waals surface area contributed by atoms with Crippen LogP contribution in [0.5, 0.6) is 0 Å². The number of halogens is 1. The second-order valence-electron chi connectivity index (χ2n) is 2.72. The van der Waals surface area contributed by atoms with Crippen molar-refractivity contribution in [3.63, 3.8) is 0 Å². The Morgan fingerprint density at radius 3 is 2.36 bits per heavy atom. The molecule has 76 valence electrons. The van der Waals surface area contributed by atoms with Crippen LogP contribution in [0.4, 0.5) is 0 Å². The van der Waals surface area contributed by atoms with Gasteiger partial charge in [-0.05, 0) is 34.1 Å². The van der Waals surface area contributed by atoms with E-state index >= 15 is 0 Å². The maximum atomic E-state index is 11.2. The lowest BCUT2D eigenvalue weighted by Gasteiger charge is -2.02. The Labute approximate surface area is 89.6 Å². The summed E-state index contributed by atoms with van der Waals surface area (Å²) in [5.41, 5.74) is 0.0456. The molecule has 0 spiro atoms. The highest BCUT2D eigenvalue weighted by Crippen LogP contribution is 2.22. The number of benzene rings is 1. The number of sulfone groups is 1. The van der Waals surface area contributed by atoms with Gasteiger partial charge in [0, 0.05) is 10.7 Å². The number of rotatable bonds is 2. The molecule has 0 atom stereocenters. The van der Waals surface area contributed by atoms with Gasteiger partial charge in [0.15, 0.2) is 9.84 Å². The third-order valence-corrected chi connectivity index (χ3v) is 3.65. The first kappa shape index (κ1) is 11.2. The normalized spacial score (nSPS) is 11.3. The topological polar surface area (TPSA) is 71.4 Å². The highest BCUT2D eigenvalue weighted by Gasteiger charge is 2.13. The van der Waals surface area contributed by atoms with Gasteiger partial charge in [-0.1, -0.05) is 0 Å². The lowest BCUT2D eigenvalue weighted by molar-refractivity contribution is 0.0696. The molecule has 1 N–H and O–H groups in total. The number of hydrogen-bond acceptors (Lipinski definition) is 3. The van der Waals surface area contributed by atoms with Gasteiger partial charge in [-0.25, -0.2) is 13.2 Å². The fourth-order valence-corrected chi connectivity index (χ4v) is 2.92. The zero-order valence-electron chi connectivity index (χ0n) is 7.19. The van der Waals surface area contributed by atoms with E-state index < -0.39 is 15.8 Å². The fourth-order valence-electron chi connectivity index (χ4n) is 0.935. The molecule has 1 aromatic carbocycles. The zero-order valence-corrected chi connectivity index (χ0v) is 9.59. The molecular formula is C8H7BrO4S. The number of carbonyl (C=O) groups is 1. The number of aromatic carboxylic acids is 1. The molecule has 4 nitrogen and oxygen atoms in total. The number of carboxylic acid groups (broad SMARTS) is 1. The molecule has 0 aliphatic heterocycles. The Hall–Kier alpha value is -0.880. The van der Waals surface area contributed by atoms with Crippen LogP contribution >= 0.6 is 15.9 Å². The van der Waals surface area contributed by atoms with E-state index in [1.807, 2.05) is 0 Å². The van der Waals surface area contributed by atoms with Gasteiger partial charge in [-0.2, -0.15) is 0 Å². The Morgan fingerprint density at radius 1 is 1.43 bits per heavy atom. The van der Waals surface area contributed by atoms with Gasteiger partial charge >= 0.3 is 5.97 Å². The summed E-state index contributed by atoms with van der Waals surface area (Å²) in [6, 6.07) is 3.78. The van der Waals surface area contributed by atoms with E-state index in [1.165, 1.54) is 18.2 Å². The van der Waals surface area contributed by atoms with Gasteiger partial charge in [0.2, 0.25) is 0 Å². The van der Waals surface area contributed by atoms with Gasteiger partial charge in [0.1, 0.15) is 0 Å². The molecule has 0 bridgehead atoms. The lowest BCUT2D eigenvalue weighted by Crippen LogP contribution is -2.01. The Bertz CT molecular complexity index is 478. The molecule has 0 saturated heterocycles. The summed E-state index contributed by atoms with van der Waals surface area (Å²) in [6.45, 7) is 0. The molecule has 0 aromatic heterocycles. The van der Waals surface area contributed by atoms with Crippen LogP contribution in [0.3, 0.4) is 0 Å². The minimum atomic E-state index is -3.32. The molecule has 0 amide bonds. The maximum Gasteiger partial charge on any atom is 0.335 e. The van der Waals surface area contributed by atoms with Crippen molar-refractivity contribution in [2.45, 2.75) is 4.90 Å². The summed E-state index contributed by atoms with van der Waals surface area (Å²) in [5.74, 6) is -1.09. The van der Waals surface area contributed by atoms with E-state index in [4.69, 9.17) is 5.11 Å². The monoisotopic (exact) mass is 278 g/mol. The molecule has 0 radical (unpaired) electrons. The average Bonchev–Trinajstić information content (AvgIpc) is 2.01. The smallest absolute Gasteiger partial charge is 0.335 e. The Morgan fingerprint density at radius 2 is 2.00 bits per heavy atom. The van der Waals surface area contributed by atoms with Crippen LogP contribution in [0, 0.1) is 0 Å². The molecule has 0 saturated carbocycles. The van der Waals surface area contributed by atoms with Crippen LogP contribution in [0.1, 0.15) is 10.4 Å². The van der Waals surface area contributed by atoms with Gasteiger partial charge in [0.25, 0.3) is 0 Å². The van der Waals surface area contributed by atoms with Crippen LogP contribution < -0.4 is 0 Å². The maximum absolute atomic E-state index is 11.2. The van der Waals surface area contributed by atoms with Crippen molar-refractivity contribution in [2.75, 3.05) is 6.26 Å². The second-order valence-corrected chi connectivity index (χ2v) is 5.56. The quantitative estimate of drug-likeness (QED) is 0.891. The molecule has 6 heteroatoms. The summed E-state index contributed by atoms with van der Waals surface area (Å²) in [7, 11) is -3.32. The van der Waals surface area contributed by atoms with Crippen LogP contribution in [0.25, 0.3) is 0 Å². The molecule has 0 heterocycles. The van der Waals surface area contributed by atoms with Crippen LogP contribution in [-0.2, 0) is 9.84 Å². The molecule has 1 aromatic rings. The second kappa shape index (κ2) is 3.70. The molecule has 1 rings (SSSR count). The summed E-state index contributed by atoms with van der Waals surface area (Å²) in [6.07, 6.45) is 1.06. The zero-order chi connectivity index (χ0) is 10.9. The van der Waals surface area contributed by atoms with Crippen LogP contribution in [0.15, 0.2) is 27.6 Å². The van der Waals surface area contributed by atoms with E-state index in [2.05, 4.69) is 15.9 Å². The minimum absolute atomic E-state index is 0.0456. The summed E-state index contributed by atoms with van der Waals surface area (Å²) in [4.78, 5) is 10.6. The SMILES string of the molecule is CS(=O)(=O)c1ccc(C(=O)O)cc1Br. The largest absolute Gasteiger partial charge is 0.478 e. The standard InChI is InChI=1S/C8H7BrO4S/c1-14(12,13)7-3-2-5(8(10)11)4-6(7)9/h2-4H,1H3,(H,10,11). The first-order valence-electron chi connectivity index (χ1n) is 3.55. The highest BCUT2D eigenvalue weighted by molar-refractivity contribution is 9.10. The molecular weight excluding hydrogens is 272 g/mol. The van der Waals surface area contributed by atoms with Crippen molar-refractivity contribution in [3.8, 4) is 0 Å². The number of carboxylic acids is 1. The number of hydrogen-bond donors (Lipinski definition) is 1. The summed E-state index contributed by atoms with van der Waals surface area (Å²) in [5, 5.41) is 8.63. The molecule has 0 aliphatic carbocycles. The lowest BCUT2D eigenvalue weighted by atomic mass is 10.2. The Kier molecular flexibility index (Phi) is 2.96. The van der Waals surface area contributed by atoms with Crippen molar-refractivity contribution < 1.29 is 18.3 Å². The fraction of sp³-hybridized carbons (Fsp3) is 0.125. The van der Waals surface area contributed by atoms with Crippen LogP contribution in [0.2, 0.25) is 0 Å². The summed E-state index contributed by atoms with van der Waals surface area (Å²) >= 11 is 3.01. The third-order valence-electron chi connectivity index (χ3n) is 1.58. The van der Waals surface area contributed by atoms with Crippen molar-refractivity contribution in [2.24, 2.45) is 0 Å². The average molecular weight is 279 g/mol. The molecule has 14 heavy (non-hydrogen) atoms. The van der Waals surface area contributed by atoms with Crippen molar-refractivity contribution >= 4 is 31.7 Å². The van der Waals surface area contributed by atoms with Crippen molar-refractivity contribution in [1.29, 1.82) is 0 Å². The van der Waals surface area contributed by atoms with E-state index in [0.29, 0.717) is 0 Å². The van der Waals surface area contributed by atoms with Gasteiger partial charge in [-0.15, -0.1) is 0 Å². The summed E-state index contributed by atoms with van der Waals surface area (Å²) < 4.78 is 22.6. The van der Waals surface area contributed by atoms with E-state index in [0.717, 1.165) is 6.26 Å². The van der Waals surface area contributed by atoms with E-state index in [9.17, 15) is 13.2 Å². The highest BCUT2D eigenvalue weighted by atomic mass is 79.9. The molecule has 0 aliphatic rings. The van der Waals surface area contributed by atoms with Gasteiger partial charge < -0.3 is 5.11 Å². The third kappa shape index (κ3) is 2.33. The predicted molar refractivity (Wildman–Crippen MR) is 54.2 cm³/mol. The molecule has 0 unspecified atom stereocenters. The molecule has 0 fully saturated rings. The van der Waals surface area contributed by atoms with E-state index in [1.54, 1.807) is 0 Å². The first-order chi connectivity index (χ1) is 6.32.